The molecule has 0 N–H and O–H groups in total. The molecule has 2 aromatic rings. The smallest absolute Gasteiger partial charge is 0.227 e. The molecular formula is C23H25N3O3S. The monoisotopic (exact) mass is 423 g/mol. The Morgan fingerprint density at radius 3 is 2.60 bits per heavy atom. The van der Waals surface area contributed by atoms with Crippen molar-refractivity contribution in [3.63, 3.8) is 0 Å². The molecule has 1 atom stereocenters. The van der Waals surface area contributed by atoms with Crippen LogP contribution >= 0.6 is 0 Å². The Balaban J connectivity index is 1.34. The summed E-state index contributed by atoms with van der Waals surface area (Å²) in [6, 6.07) is 16.3. The maximum Gasteiger partial charge on any atom is 0.227 e. The summed E-state index contributed by atoms with van der Waals surface area (Å²) in [6.45, 7) is 3.17. The number of hydrogen-bond donors (Lipinski definition) is 0. The normalized spacial score (nSPS) is 19.9. The largest absolute Gasteiger partial charge is 0.312 e. The molecule has 4 rings (SSSR count). The minimum absolute atomic E-state index is 0.0854. The third kappa shape index (κ3) is 4.55. The predicted molar refractivity (Wildman–Crippen MR) is 115 cm³/mol. The molecule has 0 spiro atoms. The molecule has 2 fully saturated rings. The molecule has 0 aromatic heterocycles. The highest BCUT2D eigenvalue weighted by molar-refractivity contribution is 7.91. The van der Waals surface area contributed by atoms with E-state index in [0.717, 1.165) is 50.3 Å². The van der Waals surface area contributed by atoms with Gasteiger partial charge >= 0.3 is 0 Å². The number of anilines is 1. The van der Waals surface area contributed by atoms with E-state index >= 15 is 0 Å². The summed E-state index contributed by atoms with van der Waals surface area (Å²) in [5.74, 6) is 0.378. The Morgan fingerprint density at radius 1 is 1.10 bits per heavy atom. The third-order valence-corrected chi connectivity index (χ3v) is 7.76. The number of carbonyl (C=O) groups excluding carboxylic acids is 1. The van der Waals surface area contributed by atoms with Crippen molar-refractivity contribution in [2.45, 2.75) is 30.7 Å². The van der Waals surface area contributed by atoms with Gasteiger partial charge < -0.3 is 4.90 Å². The van der Waals surface area contributed by atoms with Gasteiger partial charge in [0.25, 0.3) is 0 Å². The molecule has 30 heavy (non-hydrogen) atoms. The van der Waals surface area contributed by atoms with Crippen molar-refractivity contribution in [1.29, 1.82) is 5.26 Å². The van der Waals surface area contributed by atoms with E-state index in [0.29, 0.717) is 12.0 Å². The van der Waals surface area contributed by atoms with Crippen LogP contribution in [-0.2, 0) is 21.2 Å². The first-order chi connectivity index (χ1) is 14.4. The maximum atomic E-state index is 12.8. The average Bonchev–Trinajstić information content (AvgIpc) is 3.37. The summed E-state index contributed by atoms with van der Waals surface area (Å²) >= 11 is 0. The number of benzene rings is 2. The van der Waals surface area contributed by atoms with Gasteiger partial charge in [0, 0.05) is 31.7 Å². The van der Waals surface area contributed by atoms with Gasteiger partial charge in [-0.2, -0.15) is 5.26 Å². The Kier molecular flexibility index (Phi) is 5.89. The van der Waals surface area contributed by atoms with Gasteiger partial charge in [0.05, 0.1) is 22.3 Å². The molecule has 2 aromatic carbocycles. The van der Waals surface area contributed by atoms with E-state index in [1.54, 1.807) is 18.2 Å². The van der Waals surface area contributed by atoms with Crippen LogP contribution in [0.3, 0.4) is 0 Å². The van der Waals surface area contributed by atoms with Crippen LogP contribution < -0.4 is 4.90 Å². The lowest BCUT2D eigenvalue weighted by atomic mass is 10.1. The fraction of sp³-hybridized carbons (Fsp3) is 0.391. The van der Waals surface area contributed by atoms with Gasteiger partial charge in [-0.25, -0.2) is 8.42 Å². The molecule has 1 amide bonds. The Hall–Kier alpha value is -2.69. The standard InChI is InChI=1S/C23H25N3O3S/c24-14-19-3-1-4-22(13-19)30(28,29)17-20-10-12-25(16-20)15-18-6-8-21(9-7-18)26-11-2-5-23(26)27/h1,3-4,6-9,13,20H,2,5,10-12,15-17H2/t20-/m1/s1. The molecule has 0 unspecified atom stereocenters. The minimum atomic E-state index is -3.41. The van der Waals surface area contributed by atoms with Gasteiger partial charge in [-0.1, -0.05) is 18.2 Å². The Morgan fingerprint density at radius 2 is 1.90 bits per heavy atom. The first-order valence-electron chi connectivity index (χ1n) is 10.3. The third-order valence-electron chi connectivity index (χ3n) is 5.87. The zero-order valence-electron chi connectivity index (χ0n) is 16.8. The zero-order valence-corrected chi connectivity index (χ0v) is 17.6. The second-order valence-electron chi connectivity index (χ2n) is 8.13. The number of rotatable bonds is 6. The zero-order chi connectivity index (χ0) is 21.1. The topological polar surface area (TPSA) is 81.5 Å². The lowest BCUT2D eigenvalue weighted by Crippen LogP contribution is -2.24. The summed E-state index contributed by atoms with van der Waals surface area (Å²) in [4.78, 5) is 16.2. The van der Waals surface area contributed by atoms with Crippen LogP contribution in [0.2, 0.25) is 0 Å². The Labute approximate surface area is 177 Å². The minimum Gasteiger partial charge on any atom is -0.312 e. The quantitative estimate of drug-likeness (QED) is 0.713. The number of sulfone groups is 1. The van der Waals surface area contributed by atoms with Gasteiger partial charge in [-0.05, 0) is 61.2 Å². The molecule has 156 valence electrons. The molecule has 0 bridgehead atoms. The first kappa shape index (κ1) is 20.6. The van der Waals surface area contributed by atoms with E-state index in [1.165, 1.54) is 6.07 Å². The fourth-order valence-electron chi connectivity index (χ4n) is 4.32. The molecule has 2 heterocycles. The van der Waals surface area contributed by atoms with Crippen LogP contribution in [0, 0.1) is 17.2 Å². The fourth-order valence-corrected chi connectivity index (χ4v) is 6.00. The van der Waals surface area contributed by atoms with E-state index in [1.807, 2.05) is 23.1 Å². The van der Waals surface area contributed by atoms with Crippen molar-refractivity contribution in [3.05, 3.63) is 59.7 Å². The number of nitrogens with zero attached hydrogens (tertiary/aromatic N) is 3. The summed E-state index contributed by atoms with van der Waals surface area (Å²) < 4.78 is 25.5. The SMILES string of the molecule is N#Cc1cccc(S(=O)(=O)C[C@@H]2CCN(Cc3ccc(N4CCCC4=O)cc3)C2)c1. The van der Waals surface area contributed by atoms with Gasteiger partial charge in [-0.3, -0.25) is 9.69 Å². The molecular weight excluding hydrogens is 398 g/mol. The van der Waals surface area contributed by atoms with Gasteiger partial charge in [0.1, 0.15) is 0 Å². The Bertz CT molecular complexity index is 1070. The molecule has 0 saturated carbocycles. The first-order valence-corrected chi connectivity index (χ1v) is 11.9. The van der Waals surface area contributed by atoms with Crippen LogP contribution in [0.1, 0.15) is 30.4 Å². The van der Waals surface area contributed by atoms with Gasteiger partial charge in [0.2, 0.25) is 5.91 Å². The maximum absolute atomic E-state index is 12.8. The highest BCUT2D eigenvalue weighted by atomic mass is 32.2. The highest BCUT2D eigenvalue weighted by Crippen LogP contribution is 2.25. The van der Waals surface area contributed by atoms with Crippen LogP contribution in [0.15, 0.2) is 53.4 Å². The van der Waals surface area contributed by atoms with Crippen molar-refractivity contribution >= 4 is 21.4 Å². The summed E-state index contributed by atoms with van der Waals surface area (Å²) in [5, 5.41) is 9.01. The lowest BCUT2D eigenvalue weighted by Gasteiger charge is -2.18. The molecule has 7 heteroatoms. The highest BCUT2D eigenvalue weighted by Gasteiger charge is 2.28. The van der Waals surface area contributed by atoms with E-state index in [4.69, 9.17) is 5.26 Å². The van der Waals surface area contributed by atoms with E-state index in [2.05, 4.69) is 17.0 Å². The van der Waals surface area contributed by atoms with Crippen LogP contribution in [-0.4, -0.2) is 44.6 Å². The molecule has 2 aliphatic heterocycles. The van der Waals surface area contributed by atoms with E-state index in [9.17, 15) is 13.2 Å². The summed E-state index contributed by atoms with van der Waals surface area (Å²) in [5.41, 5.74) is 2.48. The number of likely N-dealkylation sites (tertiary alicyclic amines) is 1. The number of hydrogen-bond acceptors (Lipinski definition) is 5. The average molecular weight is 424 g/mol. The second-order valence-corrected chi connectivity index (χ2v) is 10.2. The van der Waals surface area contributed by atoms with Crippen LogP contribution in [0.5, 0.6) is 0 Å². The van der Waals surface area contributed by atoms with Gasteiger partial charge in [-0.15, -0.1) is 0 Å². The summed E-state index contributed by atoms with van der Waals surface area (Å²) in [7, 11) is -3.41. The van der Waals surface area contributed by atoms with Crippen molar-refractivity contribution in [1.82, 2.24) is 4.90 Å². The van der Waals surface area contributed by atoms with Crippen molar-refractivity contribution in [2.75, 3.05) is 30.3 Å². The van der Waals surface area contributed by atoms with E-state index in [-0.39, 0.29) is 22.5 Å². The number of carbonyl (C=O) groups is 1. The molecule has 2 aliphatic rings. The predicted octanol–water partition coefficient (Wildman–Crippen LogP) is 2.98. The van der Waals surface area contributed by atoms with Crippen LogP contribution in [0.25, 0.3) is 0 Å². The van der Waals surface area contributed by atoms with E-state index < -0.39 is 9.84 Å². The lowest BCUT2D eigenvalue weighted by molar-refractivity contribution is -0.117. The molecule has 6 nitrogen and oxygen atoms in total. The van der Waals surface area contributed by atoms with Crippen molar-refractivity contribution in [2.24, 2.45) is 5.92 Å². The number of nitriles is 1. The van der Waals surface area contributed by atoms with Crippen LogP contribution in [0.4, 0.5) is 5.69 Å². The second kappa shape index (κ2) is 8.58. The van der Waals surface area contributed by atoms with Crippen molar-refractivity contribution < 1.29 is 13.2 Å². The molecule has 0 aliphatic carbocycles. The molecule has 2 saturated heterocycles. The number of amides is 1. The molecule has 0 radical (unpaired) electrons. The summed E-state index contributed by atoms with van der Waals surface area (Å²) in [6.07, 6.45) is 2.39. The van der Waals surface area contributed by atoms with Gasteiger partial charge in [0.15, 0.2) is 9.84 Å². The van der Waals surface area contributed by atoms with Crippen molar-refractivity contribution in [3.8, 4) is 6.07 Å².